The van der Waals surface area contributed by atoms with Gasteiger partial charge in [-0.25, -0.2) is 4.39 Å². The van der Waals surface area contributed by atoms with Crippen molar-refractivity contribution in [1.29, 1.82) is 0 Å². The van der Waals surface area contributed by atoms with Crippen molar-refractivity contribution < 1.29 is 9.50 Å². The summed E-state index contributed by atoms with van der Waals surface area (Å²) in [6.07, 6.45) is 0.286. The van der Waals surface area contributed by atoms with E-state index in [0.29, 0.717) is 17.3 Å². The summed E-state index contributed by atoms with van der Waals surface area (Å²) in [6.45, 7) is 2.03. The predicted molar refractivity (Wildman–Crippen MR) is 83.6 cm³/mol. The third-order valence-corrected chi connectivity index (χ3v) is 4.51. The maximum Gasteiger partial charge on any atom is 0.148 e. The molecule has 0 aliphatic rings. The van der Waals surface area contributed by atoms with Crippen molar-refractivity contribution in [3.63, 3.8) is 0 Å². The molecule has 4 heteroatoms. The lowest BCUT2D eigenvalue weighted by Crippen LogP contribution is -2.03. The van der Waals surface area contributed by atoms with Crippen molar-refractivity contribution in [3.05, 3.63) is 68.4 Å². The molecule has 0 radical (unpaired) electrons. The Labute approximate surface area is 131 Å². The maximum absolute atomic E-state index is 14.0. The zero-order valence-electron chi connectivity index (χ0n) is 11.0. The van der Waals surface area contributed by atoms with Gasteiger partial charge in [-0.15, -0.1) is 0 Å². The monoisotopic (exact) mass is 356 g/mol. The fourth-order valence-corrected chi connectivity index (χ4v) is 2.49. The molecule has 0 saturated heterocycles. The van der Waals surface area contributed by atoms with Gasteiger partial charge in [-0.3, -0.25) is 0 Å². The van der Waals surface area contributed by atoms with Crippen molar-refractivity contribution in [1.82, 2.24) is 0 Å². The Morgan fingerprint density at radius 3 is 2.50 bits per heavy atom. The molecule has 0 aliphatic heterocycles. The molecule has 20 heavy (non-hydrogen) atoms. The largest absolute Gasteiger partial charge is 0.388 e. The van der Waals surface area contributed by atoms with Crippen LogP contribution in [-0.2, 0) is 6.42 Å². The first kappa shape index (κ1) is 15.5. The van der Waals surface area contributed by atoms with E-state index in [0.717, 1.165) is 5.56 Å². The summed E-state index contributed by atoms with van der Waals surface area (Å²) in [4.78, 5) is 0. The molecule has 0 heterocycles. The van der Waals surface area contributed by atoms with Crippen molar-refractivity contribution in [2.45, 2.75) is 25.9 Å². The van der Waals surface area contributed by atoms with E-state index in [1.165, 1.54) is 5.56 Å². The molecule has 0 saturated carbocycles. The van der Waals surface area contributed by atoms with E-state index in [-0.39, 0.29) is 10.6 Å². The van der Waals surface area contributed by atoms with Crippen LogP contribution in [0.4, 0.5) is 4.39 Å². The van der Waals surface area contributed by atoms with Gasteiger partial charge >= 0.3 is 0 Å². The van der Waals surface area contributed by atoms with E-state index in [1.54, 1.807) is 12.1 Å². The SMILES string of the molecule is Cc1ccc(CCC(O)c2ccc(Br)c(Cl)c2F)cc1. The summed E-state index contributed by atoms with van der Waals surface area (Å²) < 4.78 is 14.5. The Hall–Kier alpha value is -0.900. The summed E-state index contributed by atoms with van der Waals surface area (Å²) in [6, 6.07) is 11.3. The quantitative estimate of drug-likeness (QED) is 0.744. The van der Waals surface area contributed by atoms with Crippen LogP contribution in [0.2, 0.25) is 5.02 Å². The molecule has 0 bridgehead atoms. The van der Waals surface area contributed by atoms with Crippen LogP contribution in [-0.4, -0.2) is 5.11 Å². The van der Waals surface area contributed by atoms with E-state index >= 15 is 0 Å². The lowest BCUT2D eigenvalue weighted by Gasteiger charge is -2.13. The average molecular weight is 358 g/mol. The number of aliphatic hydroxyl groups is 1. The van der Waals surface area contributed by atoms with Gasteiger partial charge in [-0.2, -0.15) is 0 Å². The second kappa shape index (κ2) is 6.70. The Morgan fingerprint density at radius 2 is 1.85 bits per heavy atom. The molecule has 0 amide bonds. The van der Waals surface area contributed by atoms with Crippen LogP contribution in [0.3, 0.4) is 0 Å². The Balaban J connectivity index is 2.07. The molecule has 0 aliphatic carbocycles. The third-order valence-electron chi connectivity index (χ3n) is 3.25. The molecule has 1 N–H and O–H groups in total. The molecule has 0 spiro atoms. The number of aliphatic hydroxyl groups excluding tert-OH is 1. The highest BCUT2D eigenvalue weighted by atomic mass is 79.9. The van der Waals surface area contributed by atoms with E-state index in [4.69, 9.17) is 11.6 Å². The maximum atomic E-state index is 14.0. The number of halogens is 3. The predicted octanol–water partition coefficient (Wildman–Crippen LogP) is 5.22. The molecule has 2 aromatic carbocycles. The number of rotatable bonds is 4. The smallest absolute Gasteiger partial charge is 0.148 e. The van der Waals surface area contributed by atoms with Crippen LogP contribution >= 0.6 is 27.5 Å². The molecule has 1 unspecified atom stereocenters. The van der Waals surface area contributed by atoms with Crippen molar-refractivity contribution in [2.75, 3.05) is 0 Å². The van der Waals surface area contributed by atoms with Crippen molar-refractivity contribution >= 4 is 27.5 Å². The van der Waals surface area contributed by atoms with Gasteiger partial charge in [0.1, 0.15) is 5.82 Å². The Bertz CT molecular complexity index is 598. The molecular weight excluding hydrogens is 343 g/mol. The van der Waals surface area contributed by atoms with Crippen molar-refractivity contribution in [3.8, 4) is 0 Å². The van der Waals surface area contributed by atoms with Gasteiger partial charge in [0.2, 0.25) is 0 Å². The molecule has 2 aromatic rings. The van der Waals surface area contributed by atoms with Crippen LogP contribution in [0.25, 0.3) is 0 Å². The molecule has 2 rings (SSSR count). The molecule has 106 valence electrons. The van der Waals surface area contributed by atoms with Gasteiger partial charge in [0.05, 0.1) is 11.1 Å². The minimum atomic E-state index is -0.859. The fourth-order valence-electron chi connectivity index (χ4n) is 2.01. The van der Waals surface area contributed by atoms with E-state index in [9.17, 15) is 9.50 Å². The first-order chi connectivity index (χ1) is 9.49. The van der Waals surface area contributed by atoms with Crippen LogP contribution in [0.1, 0.15) is 29.2 Å². The number of aryl methyl sites for hydroxylation is 2. The minimum Gasteiger partial charge on any atom is -0.388 e. The summed E-state index contributed by atoms with van der Waals surface area (Å²) >= 11 is 8.99. The average Bonchev–Trinajstić information content (AvgIpc) is 2.44. The molecule has 1 atom stereocenters. The van der Waals surface area contributed by atoms with E-state index in [2.05, 4.69) is 15.9 Å². The van der Waals surface area contributed by atoms with Gasteiger partial charge in [0, 0.05) is 10.0 Å². The van der Waals surface area contributed by atoms with Crippen molar-refractivity contribution in [2.24, 2.45) is 0 Å². The van der Waals surface area contributed by atoms with Gasteiger partial charge < -0.3 is 5.11 Å². The van der Waals surface area contributed by atoms with Gasteiger partial charge in [-0.1, -0.05) is 47.5 Å². The summed E-state index contributed by atoms with van der Waals surface area (Å²) in [7, 11) is 0. The van der Waals surface area contributed by atoms with E-state index in [1.807, 2.05) is 31.2 Å². The first-order valence-electron chi connectivity index (χ1n) is 6.36. The Morgan fingerprint density at radius 1 is 1.20 bits per heavy atom. The van der Waals surface area contributed by atoms with Gasteiger partial charge in [0.25, 0.3) is 0 Å². The number of hydrogen-bond acceptors (Lipinski definition) is 1. The molecule has 1 nitrogen and oxygen atoms in total. The van der Waals surface area contributed by atoms with Crippen LogP contribution in [0.15, 0.2) is 40.9 Å². The second-order valence-corrected chi connectivity index (χ2v) is 6.04. The fraction of sp³-hybridized carbons (Fsp3) is 0.250. The summed E-state index contributed by atoms with van der Waals surface area (Å²) in [5, 5.41) is 10.1. The standard InChI is InChI=1S/C16H15BrClFO/c1-10-2-4-11(5-3-10)6-9-14(20)12-7-8-13(17)15(18)16(12)19/h2-5,7-8,14,20H,6,9H2,1H3. The highest BCUT2D eigenvalue weighted by molar-refractivity contribution is 9.10. The summed E-state index contributed by atoms with van der Waals surface area (Å²) in [5.41, 5.74) is 2.56. The highest BCUT2D eigenvalue weighted by Crippen LogP contribution is 2.31. The minimum absolute atomic E-state index is 0.0110. The van der Waals surface area contributed by atoms with Crippen LogP contribution in [0.5, 0.6) is 0 Å². The van der Waals surface area contributed by atoms with E-state index < -0.39 is 11.9 Å². The lowest BCUT2D eigenvalue weighted by molar-refractivity contribution is 0.163. The zero-order chi connectivity index (χ0) is 14.7. The number of benzene rings is 2. The molecule has 0 fully saturated rings. The molecular formula is C16H15BrClFO. The second-order valence-electron chi connectivity index (χ2n) is 4.80. The zero-order valence-corrected chi connectivity index (χ0v) is 13.4. The normalized spacial score (nSPS) is 12.4. The Kier molecular flexibility index (Phi) is 5.19. The third kappa shape index (κ3) is 3.60. The lowest BCUT2D eigenvalue weighted by atomic mass is 10.0. The van der Waals surface area contributed by atoms with Gasteiger partial charge in [0.15, 0.2) is 0 Å². The van der Waals surface area contributed by atoms with Gasteiger partial charge in [-0.05, 0) is 47.3 Å². The number of hydrogen-bond donors (Lipinski definition) is 1. The summed E-state index contributed by atoms with van der Waals surface area (Å²) in [5.74, 6) is -0.558. The topological polar surface area (TPSA) is 20.2 Å². The van der Waals surface area contributed by atoms with Crippen LogP contribution in [0, 0.1) is 12.7 Å². The highest BCUT2D eigenvalue weighted by Gasteiger charge is 2.17. The first-order valence-corrected chi connectivity index (χ1v) is 7.53. The van der Waals surface area contributed by atoms with Crippen LogP contribution < -0.4 is 0 Å². The molecule has 0 aromatic heterocycles.